The van der Waals surface area contributed by atoms with Crippen LogP contribution in [0, 0.1) is 0 Å². The number of hydrogen-bond donors (Lipinski definition) is 6. The van der Waals surface area contributed by atoms with Crippen molar-refractivity contribution in [3.63, 3.8) is 0 Å². The van der Waals surface area contributed by atoms with E-state index in [1.165, 1.54) is 334 Å². The van der Waals surface area contributed by atoms with Crippen LogP contribution in [0.4, 0.5) is 0 Å². The molecule has 87 heavy (non-hydrogen) atoms. The Morgan fingerprint density at radius 3 is 0.966 bits per heavy atom. The summed E-state index contributed by atoms with van der Waals surface area (Å²) in [4.78, 5) is 13.1. The van der Waals surface area contributed by atoms with Gasteiger partial charge in [0.1, 0.15) is 24.4 Å². The number of hydrogen-bond acceptors (Lipinski definition) is 8. The summed E-state index contributed by atoms with van der Waals surface area (Å²) in [5, 5.41) is 54.8. The summed E-state index contributed by atoms with van der Waals surface area (Å²) in [5.41, 5.74) is 0. The van der Waals surface area contributed by atoms with Crippen molar-refractivity contribution in [3.05, 3.63) is 36.5 Å². The molecule has 1 heterocycles. The summed E-state index contributed by atoms with van der Waals surface area (Å²) in [6.07, 6.45) is 84.5. The zero-order valence-corrected chi connectivity index (χ0v) is 57.8. The number of ether oxygens (including phenoxy) is 2. The molecule has 1 aliphatic rings. The molecule has 0 radical (unpaired) electrons. The van der Waals surface area contributed by atoms with Crippen LogP contribution in [0.2, 0.25) is 0 Å². The van der Waals surface area contributed by atoms with Gasteiger partial charge < -0.3 is 40.3 Å². The van der Waals surface area contributed by atoms with Gasteiger partial charge in [-0.25, -0.2) is 0 Å². The van der Waals surface area contributed by atoms with Crippen molar-refractivity contribution >= 4 is 5.91 Å². The van der Waals surface area contributed by atoms with E-state index >= 15 is 0 Å². The van der Waals surface area contributed by atoms with Crippen LogP contribution >= 0.6 is 0 Å². The lowest BCUT2D eigenvalue weighted by molar-refractivity contribution is -0.302. The van der Waals surface area contributed by atoms with Gasteiger partial charge in [0.15, 0.2) is 6.29 Å². The first-order valence-electron chi connectivity index (χ1n) is 38.7. The molecule has 0 aliphatic carbocycles. The Morgan fingerprint density at radius 1 is 0.379 bits per heavy atom. The highest BCUT2D eigenvalue weighted by Gasteiger charge is 2.44. The van der Waals surface area contributed by atoms with Crippen molar-refractivity contribution in [2.45, 2.75) is 442 Å². The minimum Gasteiger partial charge on any atom is -0.394 e. The lowest BCUT2D eigenvalue weighted by atomic mass is 9.99. The van der Waals surface area contributed by atoms with Crippen molar-refractivity contribution in [2.24, 2.45) is 0 Å². The minimum atomic E-state index is -1.58. The lowest BCUT2D eigenvalue weighted by Gasteiger charge is -2.40. The second-order valence-electron chi connectivity index (χ2n) is 27.1. The Balaban J connectivity index is 2.06. The summed E-state index contributed by atoms with van der Waals surface area (Å²) < 4.78 is 11.3. The predicted octanol–water partition coefficient (Wildman–Crippen LogP) is 21.8. The second-order valence-corrected chi connectivity index (χ2v) is 27.1. The molecule has 9 heteroatoms. The first-order chi connectivity index (χ1) is 42.8. The zero-order chi connectivity index (χ0) is 62.8. The number of nitrogens with one attached hydrogen (secondary N) is 1. The van der Waals surface area contributed by atoms with E-state index in [1.807, 2.05) is 6.08 Å². The highest BCUT2D eigenvalue weighted by molar-refractivity contribution is 5.76. The molecule has 514 valence electrons. The van der Waals surface area contributed by atoms with Gasteiger partial charge in [-0.1, -0.05) is 384 Å². The maximum atomic E-state index is 13.1. The van der Waals surface area contributed by atoms with E-state index in [0.29, 0.717) is 6.42 Å². The van der Waals surface area contributed by atoms with Crippen LogP contribution in [-0.4, -0.2) is 87.5 Å². The Labute approximate surface area is 540 Å². The molecular weight excluding hydrogens is 1080 g/mol. The van der Waals surface area contributed by atoms with Crippen molar-refractivity contribution in [3.8, 4) is 0 Å². The summed E-state index contributed by atoms with van der Waals surface area (Å²) in [5.74, 6) is -0.182. The second kappa shape index (κ2) is 67.3. The van der Waals surface area contributed by atoms with E-state index in [0.717, 1.165) is 44.9 Å². The van der Waals surface area contributed by atoms with Crippen molar-refractivity contribution in [1.82, 2.24) is 5.32 Å². The summed E-state index contributed by atoms with van der Waals surface area (Å²) in [6, 6.07) is -0.828. The quantitative estimate of drug-likeness (QED) is 0.0261. The van der Waals surface area contributed by atoms with Crippen LogP contribution in [0.15, 0.2) is 36.5 Å². The van der Waals surface area contributed by atoms with Crippen LogP contribution in [0.25, 0.3) is 0 Å². The van der Waals surface area contributed by atoms with Crippen molar-refractivity contribution in [1.29, 1.82) is 0 Å². The van der Waals surface area contributed by atoms with E-state index in [4.69, 9.17) is 9.47 Å². The molecule has 0 bridgehead atoms. The van der Waals surface area contributed by atoms with Crippen LogP contribution in [0.5, 0.6) is 0 Å². The van der Waals surface area contributed by atoms with Crippen molar-refractivity contribution in [2.75, 3.05) is 13.2 Å². The van der Waals surface area contributed by atoms with Gasteiger partial charge in [0.05, 0.1) is 25.4 Å². The number of allylic oxidation sites excluding steroid dienone is 5. The third-order valence-electron chi connectivity index (χ3n) is 18.7. The van der Waals surface area contributed by atoms with E-state index < -0.39 is 49.5 Å². The fraction of sp³-hybridized carbons (Fsp3) is 0.910. The average molecular weight is 1230 g/mol. The van der Waals surface area contributed by atoms with Gasteiger partial charge in [0.2, 0.25) is 5.91 Å². The normalized spacial score (nSPS) is 18.1. The summed E-state index contributed by atoms with van der Waals surface area (Å²) in [6.45, 7) is 3.82. The molecular formula is C78H149NO8. The zero-order valence-electron chi connectivity index (χ0n) is 57.8. The van der Waals surface area contributed by atoms with Gasteiger partial charge in [-0.2, -0.15) is 0 Å². The molecule has 1 fully saturated rings. The van der Waals surface area contributed by atoms with Gasteiger partial charge in [0.25, 0.3) is 0 Å². The van der Waals surface area contributed by atoms with Crippen LogP contribution < -0.4 is 5.32 Å². The third kappa shape index (κ3) is 55.7. The Kier molecular flexibility index (Phi) is 64.5. The van der Waals surface area contributed by atoms with Crippen LogP contribution in [0.1, 0.15) is 399 Å². The highest BCUT2D eigenvalue weighted by Crippen LogP contribution is 2.24. The molecule has 9 nitrogen and oxygen atoms in total. The van der Waals surface area contributed by atoms with Gasteiger partial charge in [-0.3, -0.25) is 4.79 Å². The molecule has 0 saturated carbocycles. The lowest BCUT2D eigenvalue weighted by Crippen LogP contribution is -2.60. The van der Waals surface area contributed by atoms with E-state index in [-0.39, 0.29) is 12.5 Å². The number of aliphatic hydroxyl groups excluding tert-OH is 5. The number of carbonyl (C=O) groups is 1. The van der Waals surface area contributed by atoms with Crippen LogP contribution in [-0.2, 0) is 14.3 Å². The smallest absolute Gasteiger partial charge is 0.220 e. The van der Waals surface area contributed by atoms with Gasteiger partial charge in [-0.15, -0.1) is 0 Å². The number of amides is 1. The summed E-state index contributed by atoms with van der Waals surface area (Å²) in [7, 11) is 0. The summed E-state index contributed by atoms with van der Waals surface area (Å²) >= 11 is 0. The molecule has 7 unspecified atom stereocenters. The first kappa shape index (κ1) is 83.4. The Bertz CT molecular complexity index is 1470. The van der Waals surface area contributed by atoms with Gasteiger partial charge >= 0.3 is 0 Å². The van der Waals surface area contributed by atoms with E-state index in [9.17, 15) is 30.3 Å². The highest BCUT2D eigenvalue weighted by atomic mass is 16.7. The number of carbonyl (C=O) groups excluding carboxylic acids is 1. The maximum Gasteiger partial charge on any atom is 0.220 e. The van der Waals surface area contributed by atoms with Crippen molar-refractivity contribution < 1.29 is 39.8 Å². The molecule has 0 aromatic rings. The van der Waals surface area contributed by atoms with Gasteiger partial charge in [-0.05, 0) is 44.9 Å². The fourth-order valence-electron chi connectivity index (χ4n) is 12.7. The molecule has 1 amide bonds. The number of unbranched alkanes of at least 4 members (excludes halogenated alkanes) is 55. The average Bonchev–Trinajstić information content (AvgIpc) is 3.40. The molecule has 0 aromatic heterocycles. The Morgan fingerprint density at radius 2 is 0.655 bits per heavy atom. The first-order valence-corrected chi connectivity index (χ1v) is 38.7. The SMILES string of the molecule is CCCCCCCCCCCCCCCC/C=C/CC/C=C/CC/C=C/C(O)C(COC1OC(CO)C(O)C(O)C1O)NC(=O)CCCCCCCCCCCCCCCCCCCCCCCCCCCCCCCCCCCCCCCCCC. The monoisotopic (exact) mass is 1230 g/mol. The Hall–Kier alpha value is -1.59. The van der Waals surface area contributed by atoms with Gasteiger partial charge in [0, 0.05) is 6.42 Å². The fourth-order valence-corrected chi connectivity index (χ4v) is 12.7. The third-order valence-corrected chi connectivity index (χ3v) is 18.7. The standard InChI is InChI=1S/C78H149NO8/c1-3-5-7-9-11-13-15-17-19-21-23-25-27-29-30-31-32-33-34-35-36-37-38-39-40-41-42-43-44-46-48-50-52-54-56-58-60-62-64-66-68-74(82)79-71(70-86-78-77(85)76(84)75(83)73(69-80)87-78)72(81)67-65-63-61-59-57-55-53-51-49-47-45-28-26-24-22-20-18-16-14-12-10-8-6-4-2/h49,51,57,59,65,67,71-73,75-78,80-81,83-85H,3-48,50,52-56,58,60-64,66,68-70H2,1-2H3,(H,79,82)/b51-49+,59-57+,67-65+. The predicted molar refractivity (Wildman–Crippen MR) is 373 cm³/mol. The van der Waals surface area contributed by atoms with E-state index in [2.05, 4.69) is 43.5 Å². The number of rotatable bonds is 69. The molecule has 0 spiro atoms. The topological polar surface area (TPSA) is 149 Å². The molecule has 6 N–H and O–H groups in total. The molecule has 7 atom stereocenters. The largest absolute Gasteiger partial charge is 0.394 e. The minimum absolute atomic E-state index is 0.182. The molecule has 1 saturated heterocycles. The molecule has 1 rings (SSSR count). The maximum absolute atomic E-state index is 13.1. The van der Waals surface area contributed by atoms with Crippen LogP contribution in [0.3, 0.4) is 0 Å². The number of aliphatic hydroxyl groups is 5. The molecule has 0 aromatic carbocycles. The molecule has 1 aliphatic heterocycles. The van der Waals surface area contributed by atoms with E-state index in [1.54, 1.807) is 6.08 Å².